The minimum absolute atomic E-state index is 0.0598. The number of ether oxygens (including phenoxy) is 1. The Labute approximate surface area is 216 Å². The summed E-state index contributed by atoms with van der Waals surface area (Å²) in [5, 5.41) is 1.01. The number of aromatic nitrogens is 1. The quantitative estimate of drug-likeness (QED) is 0.487. The third-order valence-electron chi connectivity index (χ3n) is 5.55. The van der Waals surface area contributed by atoms with Crippen molar-refractivity contribution in [3.63, 3.8) is 0 Å². The molecule has 2 heterocycles. The zero-order valence-electron chi connectivity index (χ0n) is 18.9. The maximum atomic E-state index is 13.0. The van der Waals surface area contributed by atoms with Gasteiger partial charge in [0, 0.05) is 38.8 Å². The Kier molecular flexibility index (Phi) is 7.53. The van der Waals surface area contributed by atoms with E-state index in [1.165, 1.54) is 44.8 Å². The van der Waals surface area contributed by atoms with Gasteiger partial charge in [-0.1, -0.05) is 34.5 Å². The molecule has 0 bridgehead atoms. The highest BCUT2D eigenvalue weighted by Crippen LogP contribution is 2.31. The Morgan fingerprint density at radius 2 is 1.66 bits per heavy atom. The molecule has 1 aliphatic rings. The number of hydrogen-bond acceptors (Lipinski definition) is 6. The van der Waals surface area contributed by atoms with Crippen LogP contribution in [0.1, 0.15) is 17.3 Å². The number of halogens is 2. The normalized spacial score (nSPS) is 15.5. The van der Waals surface area contributed by atoms with Crippen molar-refractivity contribution in [2.75, 3.05) is 32.8 Å². The summed E-state index contributed by atoms with van der Waals surface area (Å²) in [4.78, 5) is 30.8. The van der Waals surface area contributed by atoms with E-state index in [4.69, 9.17) is 27.9 Å². The van der Waals surface area contributed by atoms with Crippen molar-refractivity contribution in [3.05, 3.63) is 56.8 Å². The van der Waals surface area contributed by atoms with Gasteiger partial charge in [-0.05, 0) is 43.3 Å². The highest BCUT2D eigenvalue weighted by Gasteiger charge is 2.30. The maximum absolute atomic E-state index is 13.0. The van der Waals surface area contributed by atoms with E-state index in [1.807, 2.05) is 0 Å². The zero-order chi connectivity index (χ0) is 25.3. The van der Waals surface area contributed by atoms with Crippen molar-refractivity contribution in [2.45, 2.75) is 11.8 Å². The predicted octanol–water partition coefficient (Wildman–Crippen LogP) is 3.75. The first kappa shape index (κ1) is 25.6. The lowest BCUT2D eigenvalue weighted by atomic mass is 10.2. The summed E-state index contributed by atoms with van der Waals surface area (Å²) in [6, 6.07) is 9.00. The smallest absolute Gasteiger partial charge is 0.409 e. The van der Waals surface area contributed by atoms with Gasteiger partial charge >= 0.3 is 6.09 Å². The first-order valence-corrected chi connectivity index (χ1v) is 13.7. The lowest BCUT2D eigenvalue weighted by Gasteiger charge is -2.33. The summed E-state index contributed by atoms with van der Waals surface area (Å²) >= 11 is 13.8. The maximum Gasteiger partial charge on any atom is 0.409 e. The van der Waals surface area contributed by atoms with Crippen LogP contribution in [0, 0.1) is 0 Å². The van der Waals surface area contributed by atoms with Gasteiger partial charge in [-0.15, -0.1) is 0 Å². The SMILES string of the molecule is CCOC(=O)N1CCN(S(=O)(=O)c2ccc(C(=O)N=c3sc4c(Cl)ccc(Cl)c4n3C)cc2)CC1. The fraction of sp³-hybridized carbons (Fsp3) is 0.318. The summed E-state index contributed by atoms with van der Waals surface area (Å²) < 4.78 is 34.7. The fourth-order valence-corrected chi connectivity index (χ4v) is 6.76. The molecule has 0 saturated carbocycles. The molecule has 0 unspecified atom stereocenters. The van der Waals surface area contributed by atoms with Crippen molar-refractivity contribution >= 4 is 66.8 Å². The third-order valence-corrected chi connectivity index (χ3v) is 9.36. The number of nitrogens with zero attached hydrogens (tertiary/aromatic N) is 4. The van der Waals surface area contributed by atoms with Gasteiger partial charge in [0.05, 0.1) is 31.8 Å². The molecule has 2 aromatic carbocycles. The Hall–Kier alpha value is -2.44. The number of aryl methyl sites for hydroxylation is 1. The van der Waals surface area contributed by atoms with Gasteiger partial charge in [-0.3, -0.25) is 4.79 Å². The number of thiazole rings is 1. The number of fused-ring (bicyclic) bond motifs is 1. The molecule has 13 heteroatoms. The standard InChI is InChI=1S/C22H22Cl2N4O5S2/c1-3-33-22(30)27-10-12-28(13-11-27)35(31,32)15-6-4-14(5-7-15)20(29)25-21-26(2)18-16(23)8-9-17(24)19(18)34-21/h4-9H,3,10-13H2,1-2H3. The van der Waals surface area contributed by atoms with E-state index in [-0.39, 0.29) is 43.2 Å². The number of benzene rings is 2. The summed E-state index contributed by atoms with van der Waals surface area (Å²) in [6.45, 7) is 2.78. The van der Waals surface area contributed by atoms with Crippen LogP contribution in [0.25, 0.3) is 10.2 Å². The van der Waals surface area contributed by atoms with E-state index in [2.05, 4.69) is 4.99 Å². The molecular weight excluding hydrogens is 535 g/mol. The van der Waals surface area contributed by atoms with E-state index in [0.717, 1.165) is 4.70 Å². The van der Waals surface area contributed by atoms with Crippen LogP contribution >= 0.6 is 34.5 Å². The zero-order valence-corrected chi connectivity index (χ0v) is 22.0. The van der Waals surface area contributed by atoms with Gasteiger partial charge < -0.3 is 14.2 Å². The Morgan fingerprint density at radius 1 is 1.03 bits per heavy atom. The average molecular weight is 557 g/mol. The van der Waals surface area contributed by atoms with Gasteiger partial charge in [0.2, 0.25) is 10.0 Å². The van der Waals surface area contributed by atoms with Crippen LogP contribution in [-0.2, 0) is 21.8 Å². The van der Waals surface area contributed by atoms with E-state index >= 15 is 0 Å². The summed E-state index contributed by atoms with van der Waals surface area (Å²) in [5.74, 6) is -0.522. The molecule has 1 aliphatic heterocycles. The van der Waals surface area contributed by atoms with Gasteiger partial charge in [0.15, 0.2) is 4.80 Å². The van der Waals surface area contributed by atoms with Gasteiger partial charge in [0.25, 0.3) is 5.91 Å². The highest BCUT2D eigenvalue weighted by atomic mass is 35.5. The molecule has 35 heavy (non-hydrogen) atoms. The monoisotopic (exact) mass is 556 g/mol. The minimum Gasteiger partial charge on any atom is -0.450 e. The third kappa shape index (κ3) is 5.10. The number of carbonyl (C=O) groups excluding carboxylic acids is 2. The Bertz CT molecular complexity index is 1460. The van der Waals surface area contributed by atoms with E-state index in [0.29, 0.717) is 20.4 Å². The molecule has 0 N–H and O–H groups in total. The van der Waals surface area contributed by atoms with Crippen LogP contribution < -0.4 is 4.80 Å². The van der Waals surface area contributed by atoms with Crippen molar-refractivity contribution < 1.29 is 22.7 Å². The lowest BCUT2D eigenvalue weighted by Crippen LogP contribution is -2.50. The second-order valence-corrected chi connectivity index (χ2v) is 11.4. The summed E-state index contributed by atoms with van der Waals surface area (Å²) in [5.41, 5.74) is 0.922. The molecule has 0 radical (unpaired) electrons. The van der Waals surface area contributed by atoms with Crippen molar-refractivity contribution in [1.82, 2.24) is 13.8 Å². The lowest BCUT2D eigenvalue weighted by molar-refractivity contribution is 0.0933. The molecule has 3 aromatic rings. The van der Waals surface area contributed by atoms with Crippen LogP contribution in [0.5, 0.6) is 0 Å². The molecule has 9 nitrogen and oxygen atoms in total. The first-order chi connectivity index (χ1) is 16.6. The second-order valence-electron chi connectivity index (χ2n) is 7.68. The molecule has 0 aliphatic carbocycles. The van der Waals surface area contributed by atoms with Gasteiger partial charge in [-0.2, -0.15) is 9.30 Å². The second kappa shape index (κ2) is 10.3. The number of piperazine rings is 1. The predicted molar refractivity (Wildman–Crippen MR) is 135 cm³/mol. The number of rotatable bonds is 4. The molecule has 2 amide bonds. The number of hydrogen-bond donors (Lipinski definition) is 0. The van der Waals surface area contributed by atoms with E-state index in [9.17, 15) is 18.0 Å². The van der Waals surface area contributed by atoms with Crippen molar-refractivity contribution in [2.24, 2.45) is 12.0 Å². The Morgan fingerprint density at radius 3 is 2.26 bits per heavy atom. The number of amides is 2. The molecule has 0 atom stereocenters. The minimum atomic E-state index is -3.78. The molecule has 1 fully saturated rings. The van der Waals surface area contributed by atoms with E-state index in [1.54, 1.807) is 30.7 Å². The van der Waals surface area contributed by atoms with E-state index < -0.39 is 22.0 Å². The molecule has 186 valence electrons. The van der Waals surface area contributed by atoms with Crippen molar-refractivity contribution in [1.29, 1.82) is 0 Å². The number of carbonyl (C=O) groups is 2. The van der Waals surface area contributed by atoms with Gasteiger partial charge in [0.1, 0.15) is 0 Å². The molecular formula is C22H22Cl2N4O5S2. The molecule has 1 aromatic heterocycles. The van der Waals surface area contributed by atoms with Crippen LogP contribution in [0.4, 0.5) is 4.79 Å². The topological polar surface area (TPSA) is 101 Å². The average Bonchev–Trinajstić information content (AvgIpc) is 3.18. The number of sulfonamides is 1. The van der Waals surface area contributed by atoms with Crippen LogP contribution in [0.15, 0.2) is 46.3 Å². The van der Waals surface area contributed by atoms with Crippen LogP contribution in [-0.4, -0.2) is 67.0 Å². The highest BCUT2D eigenvalue weighted by molar-refractivity contribution is 7.89. The molecule has 1 saturated heterocycles. The molecule has 4 rings (SSSR count). The van der Waals surface area contributed by atoms with Gasteiger partial charge in [-0.25, -0.2) is 13.2 Å². The van der Waals surface area contributed by atoms with Crippen LogP contribution in [0.3, 0.4) is 0 Å². The Balaban J connectivity index is 1.52. The first-order valence-electron chi connectivity index (χ1n) is 10.7. The summed E-state index contributed by atoms with van der Waals surface area (Å²) in [7, 11) is -2.04. The fourth-order valence-electron chi connectivity index (χ4n) is 3.68. The van der Waals surface area contributed by atoms with Crippen LogP contribution in [0.2, 0.25) is 10.0 Å². The van der Waals surface area contributed by atoms with Crippen molar-refractivity contribution in [3.8, 4) is 0 Å². The summed E-state index contributed by atoms with van der Waals surface area (Å²) in [6.07, 6.45) is -0.451. The largest absolute Gasteiger partial charge is 0.450 e. The molecule has 0 spiro atoms.